The van der Waals surface area contributed by atoms with Gasteiger partial charge in [-0.2, -0.15) is 0 Å². The van der Waals surface area contributed by atoms with Crippen molar-refractivity contribution in [1.29, 1.82) is 0 Å². The van der Waals surface area contributed by atoms with Crippen LogP contribution >= 0.6 is 0 Å². The van der Waals surface area contributed by atoms with Crippen LogP contribution in [-0.4, -0.2) is 48.4 Å². The molecule has 1 amide bonds. The van der Waals surface area contributed by atoms with E-state index < -0.39 is 0 Å². The quantitative estimate of drug-likeness (QED) is 0.765. The molecule has 0 aromatic carbocycles. The van der Waals surface area contributed by atoms with Gasteiger partial charge in [0.05, 0.1) is 12.2 Å². The van der Waals surface area contributed by atoms with Gasteiger partial charge in [0.1, 0.15) is 0 Å². The van der Waals surface area contributed by atoms with Gasteiger partial charge in [-0.25, -0.2) is 0 Å². The Morgan fingerprint density at radius 3 is 2.56 bits per heavy atom. The van der Waals surface area contributed by atoms with E-state index in [-0.39, 0.29) is 11.9 Å². The first-order valence-corrected chi connectivity index (χ1v) is 5.33. The van der Waals surface area contributed by atoms with Gasteiger partial charge in [0, 0.05) is 26.3 Å². The van der Waals surface area contributed by atoms with Gasteiger partial charge in [-0.05, 0) is 26.1 Å². The van der Waals surface area contributed by atoms with Crippen LogP contribution in [0.15, 0.2) is 24.4 Å². The summed E-state index contributed by atoms with van der Waals surface area (Å²) in [5.74, 6) is 0.102. The highest BCUT2D eigenvalue weighted by Crippen LogP contribution is 2.15. The summed E-state index contributed by atoms with van der Waals surface area (Å²) in [4.78, 5) is 19.4. The molecule has 88 valence electrons. The lowest BCUT2D eigenvalue weighted by Gasteiger charge is -2.24. The second-order valence-corrected chi connectivity index (χ2v) is 4.13. The Hall–Kier alpha value is -1.42. The van der Waals surface area contributed by atoms with Gasteiger partial charge in [-0.1, -0.05) is 6.07 Å². The summed E-state index contributed by atoms with van der Waals surface area (Å²) < 4.78 is 0. The van der Waals surface area contributed by atoms with E-state index in [1.807, 2.05) is 37.1 Å². The Kier molecular flexibility index (Phi) is 4.43. The average molecular weight is 221 g/mol. The summed E-state index contributed by atoms with van der Waals surface area (Å²) in [6.07, 6.45) is 1.77. The fourth-order valence-electron chi connectivity index (χ4n) is 1.34. The van der Waals surface area contributed by atoms with E-state index in [0.717, 1.165) is 5.69 Å². The molecule has 0 saturated carbocycles. The van der Waals surface area contributed by atoms with Gasteiger partial charge < -0.3 is 4.90 Å². The van der Waals surface area contributed by atoms with Gasteiger partial charge in [0.2, 0.25) is 5.91 Å². The number of nitrogens with zero attached hydrogens (tertiary/aromatic N) is 3. The van der Waals surface area contributed by atoms with Crippen molar-refractivity contribution in [3.63, 3.8) is 0 Å². The van der Waals surface area contributed by atoms with Crippen LogP contribution in [0.2, 0.25) is 0 Å². The van der Waals surface area contributed by atoms with Crippen molar-refractivity contribution in [3.8, 4) is 0 Å². The number of aromatic nitrogens is 1. The topological polar surface area (TPSA) is 36.4 Å². The summed E-state index contributed by atoms with van der Waals surface area (Å²) in [5, 5.41) is 0. The standard InChI is InChI=1S/C12H19N3O/c1-10(11-7-5-6-8-13-11)15(4)9-12(16)14(2)3/h5-8,10H,9H2,1-4H3. The van der Waals surface area contributed by atoms with Crippen molar-refractivity contribution in [2.45, 2.75) is 13.0 Å². The van der Waals surface area contributed by atoms with E-state index in [1.54, 1.807) is 25.2 Å². The maximum atomic E-state index is 11.6. The minimum absolute atomic E-state index is 0.102. The molecule has 0 radical (unpaired) electrons. The molecule has 0 fully saturated rings. The summed E-state index contributed by atoms with van der Waals surface area (Å²) in [5.41, 5.74) is 0.983. The molecular formula is C12H19N3O. The maximum absolute atomic E-state index is 11.6. The summed E-state index contributed by atoms with van der Waals surface area (Å²) in [7, 11) is 5.46. The van der Waals surface area contributed by atoms with Crippen LogP contribution in [0.4, 0.5) is 0 Å². The Balaban J connectivity index is 2.61. The van der Waals surface area contributed by atoms with E-state index in [1.165, 1.54) is 0 Å². The van der Waals surface area contributed by atoms with Crippen LogP contribution in [0.1, 0.15) is 18.7 Å². The zero-order valence-electron chi connectivity index (χ0n) is 10.3. The van der Waals surface area contributed by atoms with E-state index in [0.29, 0.717) is 6.54 Å². The molecule has 4 nitrogen and oxygen atoms in total. The molecule has 0 bridgehead atoms. The fourth-order valence-corrected chi connectivity index (χ4v) is 1.34. The Labute approximate surface area is 96.9 Å². The fraction of sp³-hybridized carbons (Fsp3) is 0.500. The SMILES string of the molecule is CC(c1ccccn1)N(C)CC(=O)N(C)C. The molecule has 0 aliphatic carbocycles. The number of pyridine rings is 1. The number of carbonyl (C=O) groups excluding carboxylic acids is 1. The molecule has 16 heavy (non-hydrogen) atoms. The lowest BCUT2D eigenvalue weighted by atomic mass is 10.2. The molecule has 0 aliphatic heterocycles. The van der Waals surface area contributed by atoms with Crippen molar-refractivity contribution < 1.29 is 4.79 Å². The van der Waals surface area contributed by atoms with Crippen LogP contribution in [0, 0.1) is 0 Å². The molecule has 1 unspecified atom stereocenters. The smallest absolute Gasteiger partial charge is 0.236 e. The predicted octanol–water partition coefficient (Wildman–Crippen LogP) is 1.16. The first-order chi connectivity index (χ1) is 7.52. The third-order valence-electron chi connectivity index (χ3n) is 2.66. The third-order valence-corrected chi connectivity index (χ3v) is 2.66. The summed E-state index contributed by atoms with van der Waals surface area (Å²) in [6.45, 7) is 2.45. The third kappa shape index (κ3) is 3.31. The van der Waals surface area contributed by atoms with Gasteiger partial charge in [-0.3, -0.25) is 14.7 Å². The van der Waals surface area contributed by atoms with Crippen LogP contribution < -0.4 is 0 Å². The molecule has 1 atom stereocenters. The highest BCUT2D eigenvalue weighted by Gasteiger charge is 2.16. The second-order valence-electron chi connectivity index (χ2n) is 4.13. The lowest BCUT2D eigenvalue weighted by Crippen LogP contribution is -2.35. The molecule has 0 saturated heterocycles. The number of likely N-dealkylation sites (N-methyl/N-ethyl adjacent to an activating group) is 2. The lowest BCUT2D eigenvalue weighted by molar-refractivity contribution is -0.130. The first-order valence-electron chi connectivity index (χ1n) is 5.33. The Morgan fingerprint density at radius 2 is 2.06 bits per heavy atom. The molecule has 1 heterocycles. The molecule has 0 aliphatic rings. The summed E-state index contributed by atoms with van der Waals surface area (Å²) >= 11 is 0. The number of carbonyl (C=O) groups is 1. The highest BCUT2D eigenvalue weighted by molar-refractivity contribution is 5.77. The minimum Gasteiger partial charge on any atom is -0.348 e. The van der Waals surface area contributed by atoms with Gasteiger partial charge in [0.25, 0.3) is 0 Å². The predicted molar refractivity (Wildman–Crippen MR) is 64.0 cm³/mol. The molecule has 0 spiro atoms. The van der Waals surface area contributed by atoms with Gasteiger partial charge in [-0.15, -0.1) is 0 Å². The number of rotatable bonds is 4. The van der Waals surface area contributed by atoms with Crippen LogP contribution in [-0.2, 0) is 4.79 Å². The molecule has 0 N–H and O–H groups in total. The number of hydrogen-bond donors (Lipinski definition) is 0. The largest absolute Gasteiger partial charge is 0.348 e. The first kappa shape index (κ1) is 12.6. The molecule has 4 heteroatoms. The molecule has 1 aromatic rings. The zero-order chi connectivity index (χ0) is 12.1. The number of amides is 1. The van der Waals surface area contributed by atoms with E-state index in [4.69, 9.17) is 0 Å². The van der Waals surface area contributed by atoms with Crippen molar-refractivity contribution in [3.05, 3.63) is 30.1 Å². The van der Waals surface area contributed by atoms with Crippen LogP contribution in [0.5, 0.6) is 0 Å². The summed E-state index contributed by atoms with van der Waals surface area (Å²) in [6, 6.07) is 5.97. The van der Waals surface area contributed by atoms with Gasteiger partial charge >= 0.3 is 0 Å². The van der Waals surface area contributed by atoms with E-state index >= 15 is 0 Å². The van der Waals surface area contributed by atoms with Gasteiger partial charge in [0.15, 0.2) is 0 Å². The maximum Gasteiger partial charge on any atom is 0.236 e. The normalized spacial score (nSPS) is 12.6. The van der Waals surface area contributed by atoms with Crippen molar-refractivity contribution in [2.24, 2.45) is 0 Å². The number of hydrogen-bond acceptors (Lipinski definition) is 3. The zero-order valence-corrected chi connectivity index (χ0v) is 10.3. The molecule has 1 rings (SSSR count). The van der Waals surface area contributed by atoms with Crippen molar-refractivity contribution in [1.82, 2.24) is 14.8 Å². The van der Waals surface area contributed by atoms with E-state index in [2.05, 4.69) is 4.98 Å². The highest BCUT2D eigenvalue weighted by atomic mass is 16.2. The van der Waals surface area contributed by atoms with Crippen LogP contribution in [0.25, 0.3) is 0 Å². The van der Waals surface area contributed by atoms with Crippen molar-refractivity contribution in [2.75, 3.05) is 27.7 Å². The monoisotopic (exact) mass is 221 g/mol. The minimum atomic E-state index is 0.102. The molecular weight excluding hydrogens is 202 g/mol. The molecule has 1 aromatic heterocycles. The average Bonchev–Trinajstić information content (AvgIpc) is 2.28. The second kappa shape index (κ2) is 5.61. The van der Waals surface area contributed by atoms with Crippen molar-refractivity contribution >= 4 is 5.91 Å². The Morgan fingerprint density at radius 1 is 1.38 bits per heavy atom. The van der Waals surface area contributed by atoms with Crippen LogP contribution in [0.3, 0.4) is 0 Å². The Bertz CT molecular complexity index is 337. The van der Waals surface area contributed by atoms with E-state index in [9.17, 15) is 4.79 Å².